The van der Waals surface area contributed by atoms with Crippen molar-refractivity contribution in [2.24, 2.45) is 0 Å². The molecule has 0 aliphatic rings. The van der Waals surface area contributed by atoms with Gasteiger partial charge in [0, 0.05) is 11.3 Å². The smallest absolute Gasteiger partial charge is 0.399 e. The predicted octanol–water partition coefficient (Wildman–Crippen LogP) is 2.59. The molecule has 0 bridgehead atoms. The molecule has 0 unspecified atom stereocenters. The third kappa shape index (κ3) is 4.11. The van der Waals surface area contributed by atoms with E-state index in [4.69, 9.17) is 10.3 Å². The molecule has 5 nitrogen and oxygen atoms in total. The number of hydrogen-bond acceptors (Lipinski definition) is 4. The minimum absolute atomic E-state index is 0.0258. The molecule has 0 spiro atoms. The molecule has 0 radical (unpaired) electrons. The molecule has 104 valence electrons. The van der Waals surface area contributed by atoms with Crippen LogP contribution in [0.4, 0.5) is 5.69 Å². The van der Waals surface area contributed by atoms with Crippen LogP contribution in [0.2, 0.25) is 0 Å². The van der Waals surface area contributed by atoms with Gasteiger partial charge in [-0.1, -0.05) is 42.5 Å². The zero-order valence-corrected chi connectivity index (χ0v) is 11.2. The van der Waals surface area contributed by atoms with Crippen LogP contribution >= 0.6 is 0 Å². The number of rotatable bonds is 4. The summed E-state index contributed by atoms with van der Waals surface area (Å²) in [4.78, 5) is 0. The van der Waals surface area contributed by atoms with Crippen LogP contribution in [-0.2, 0) is 14.6 Å². The lowest BCUT2D eigenvalue weighted by Gasteiger charge is -2.07. The minimum atomic E-state index is -4.59. The van der Waals surface area contributed by atoms with Gasteiger partial charge >= 0.3 is 10.4 Å². The summed E-state index contributed by atoms with van der Waals surface area (Å²) in [6, 6.07) is 15.4. The zero-order chi connectivity index (χ0) is 14.6. The second-order valence-corrected chi connectivity index (χ2v) is 5.07. The van der Waals surface area contributed by atoms with Crippen molar-refractivity contribution < 1.29 is 17.2 Å². The van der Waals surface area contributed by atoms with E-state index in [9.17, 15) is 8.42 Å². The molecule has 0 atom stereocenters. The molecular weight excluding hydrogens is 278 g/mol. The van der Waals surface area contributed by atoms with Crippen LogP contribution in [0.3, 0.4) is 0 Å². The third-order valence-corrected chi connectivity index (χ3v) is 2.88. The van der Waals surface area contributed by atoms with Gasteiger partial charge in [-0.3, -0.25) is 4.55 Å². The second-order valence-electron chi connectivity index (χ2n) is 4.05. The van der Waals surface area contributed by atoms with Gasteiger partial charge in [-0.25, -0.2) is 0 Å². The van der Waals surface area contributed by atoms with Crippen molar-refractivity contribution in [3.8, 4) is 0 Å². The van der Waals surface area contributed by atoms with Gasteiger partial charge < -0.3 is 9.92 Å². The van der Waals surface area contributed by atoms with E-state index in [0.29, 0.717) is 16.8 Å². The molecule has 0 heterocycles. The lowest BCUT2D eigenvalue weighted by atomic mass is 10.1. The number of hydrogen-bond donors (Lipinski definition) is 2. The Morgan fingerprint density at radius 1 is 1.05 bits per heavy atom. The van der Waals surface area contributed by atoms with Gasteiger partial charge in [0.2, 0.25) is 0 Å². The normalized spacial score (nSPS) is 12.2. The van der Waals surface area contributed by atoms with Gasteiger partial charge in [-0.05, 0) is 23.8 Å². The molecule has 3 N–H and O–H groups in total. The minimum Gasteiger partial charge on any atom is -0.399 e. The summed E-state index contributed by atoms with van der Waals surface area (Å²) in [6.07, 6.45) is 1.50. The molecule has 0 aliphatic carbocycles. The summed E-state index contributed by atoms with van der Waals surface area (Å²) >= 11 is 0. The van der Waals surface area contributed by atoms with Crippen LogP contribution in [0.25, 0.3) is 11.8 Å². The molecule has 0 aromatic heterocycles. The van der Waals surface area contributed by atoms with Crippen molar-refractivity contribution >= 4 is 27.9 Å². The van der Waals surface area contributed by atoms with Gasteiger partial charge in [-0.2, -0.15) is 8.42 Å². The highest BCUT2D eigenvalue weighted by Gasteiger charge is 2.12. The maximum atomic E-state index is 10.9. The largest absolute Gasteiger partial charge is 0.446 e. The van der Waals surface area contributed by atoms with E-state index in [0.717, 1.165) is 0 Å². The molecule has 0 saturated heterocycles. The van der Waals surface area contributed by atoms with E-state index in [1.807, 2.05) is 0 Å². The summed E-state index contributed by atoms with van der Waals surface area (Å²) < 4.78 is 35.3. The monoisotopic (exact) mass is 291 g/mol. The molecule has 20 heavy (non-hydrogen) atoms. The first kappa shape index (κ1) is 14.1. The van der Waals surface area contributed by atoms with E-state index in [1.165, 1.54) is 6.08 Å². The van der Waals surface area contributed by atoms with Gasteiger partial charge in [0.25, 0.3) is 0 Å². The standard InChI is InChI=1S/C14H13NO4S/c15-13-8-6-11(7-9-13)10-14(19-20(16,17)18)12-4-2-1-3-5-12/h1-10H,15H2,(H,16,17,18)/b14-10+. The molecular formula is C14H13NO4S. The highest BCUT2D eigenvalue weighted by molar-refractivity contribution is 7.81. The maximum absolute atomic E-state index is 10.9. The van der Waals surface area contributed by atoms with Crippen molar-refractivity contribution in [1.29, 1.82) is 0 Å². The molecule has 0 aliphatic heterocycles. The topological polar surface area (TPSA) is 89.6 Å². The number of benzene rings is 2. The Hall–Kier alpha value is -2.31. The van der Waals surface area contributed by atoms with Crippen molar-refractivity contribution in [2.45, 2.75) is 0 Å². The van der Waals surface area contributed by atoms with Crippen molar-refractivity contribution in [2.75, 3.05) is 5.73 Å². The summed E-state index contributed by atoms with van der Waals surface area (Å²) in [5.41, 5.74) is 7.40. The Morgan fingerprint density at radius 2 is 1.65 bits per heavy atom. The Labute approximate surface area is 117 Å². The Kier molecular flexibility index (Phi) is 4.07. The van der Waals surface area contributed by atoms with E-state index >= 15 is 0 Å². The van der Waals surface area contributed by atoms with Gasteiger partial charge in [0.05, 0.1) is 0 Å². The third-order valence-electron chi connectivity index (χ3n) is 2.49. The van der Waals surface area contributed by atoms with Crippen molar-refractivity contribution in [3.05, 3.63) is 65.7 Å². The van der Waals surface area contributed by atoms with Gasteiger partial charge in [0.1, 0.15) is 0 Å². The van der Waals surface area contributed by atoms with Crippen molar-refractivity contribution in [1.82, 2.24) is 0 Å². The molecule has 0 fully saturated rings. The average Bonchev–Trinajstić information content (AvgIpc) is 2.40. The number of nitrogens with two attached hydrogens (primary N) is 1. The van der Waals surface area contributed by atoms with Crippen LogP contribution in [0, 0.1) is 0 Å². The maximum Gasteiger partial charge on any atom is 0.446 e. The molecule has 0 amide bonds. The fourth-order valence-corrected chi connectivity index (χ4v) is 1.99. The quantitative estimate of drug-likeness (QED) is 0.391. The summed E-state index contributed by atoms with van der Waals surface area (Å²) in [5, 5.41) is 0. The number of nitrogen functional groups attached to an aromatic ring is 1. The fourth-order valence-electron chi connectivity index (χ4n) is 1.61. The predicted molar refractivity (Wildman–Crippen MR) is 77.8 cm³/mol. The molecule has 6 heteroatoms. The Balaban J connectivity index is 2.43. The highest BCUT2D eigenvalue weighted by atomic mass is 32.3. The van der Waals surface area contributed by atoms with Crippen LogP contribution in [-0.4, -0.2) is 13.0 Å². The molecule has 2 aromatic rings. The van der Waals surface area contributed by atoms with Crippen LogP contribution in [0.5, 0.6) is 0 Å². The van der Waals surface area contributed by atoms with E-state index in [2.05, 4.69) is 4.18 Å². The van der Waals surface area contributed by atoms with Gasteiger partial charge in [-0.15, -0.1) is 0 Å². The fraction of sp³-hybridized carbons (Fsp3) is 0. The van der Waals surface area contributed by atoms with E-state index < -0.39 is 10.4 Å². The summed E-state index contributed by atoms with van der Waals surface area (Å²) in [7, 11) is -4.59. The number of anilines is 1. The van der Waals surface area contributed by atoms with Crippen molar-refractivity contribution in [3.63, 3.8) is 0 Å². The first-order valence-corrected chi connectivity index (χ1v) is 7.10. The van der Waals surface area contributed by atoms with Crippen LogP contribution < -0.4 is 5.73 Å². The lowest BCUT2D eigenvalue weighted by Crippen LogP contribution is -2.03. The highest BCUT2D eigenvalue weighted by Crippen LogP contribution is 2.21. The molecule has 2 rings (SSSR count). The SMILES string of the molecule is Nc1ccc(/C=C(/OS(=O)(=O)O)c2ccccc2)cc1. The summed E-state index contributed by atoms with van der Waals surface area (Å²) in [6.45, 7) is 0. The lowest BCUT2D eigenvalue weighted by molar-refractivity contribution is 0.371. The Morgan fingerprint density at radius 3 is 2.20 bits per heavy atom. The zero-order valence-electron chi connectivity index (χ0n) is 10.4. The average molecular weight is 291 g/mol. The molecule has 0 saturated carbocycles. The Bertz CT molecular complexity index is 707. The van der Waals surface area contributed by atoms with Gasteiger partial charge in [0.15, 0.2) is 5.76 Å². The van der Waals surface area contributed by atoms with Crippen LogP contribution in [0.15, 0.2) is 54.6 Å². The second kappa shape index (κ2) is 5.77. The van der Waals surface area contributed by atoms with Crippen LogP contribution in [0.1, 0.15) is 11.1 Å². The summed E-state index contributed by atoms with van der Waals surface area (Å²) in [5.74, 6) is 0.0258. The first-order valence-electron chi connectivity index (χ1n) is 5.73. The van der Waals surface area contributed by atoms with E-state index in [-0.39, 0.29) is 5.76 Å². The van der Waals surface area contributed by atoms with E-state index in [1.54, 1.807) is 54.6 Å². The molecule has 2 aromatic carbocycles. The first-order chi connectivity index (χ1) is 9.44.